The van der Waals surface area contributed by atoms with Crippen molar-refractivity contribution < 1.29 is 0 Å². The Morgan fingerprint density at radius 3 is 2.67 bits per heavy atom. The van der Waals surface area contributed by atoms with Gasteiger partial charge in [0.15, 0.2) is 5.82 Å². The lowest BCUT2D eigenvalue weighted by atomic mass is 10.2. The summed E-state index contributed by atoms with van der Waals surface area (Å²) >= 11 is 0. The molecule has 3 heterocycles. The van der Waals surface area contributed by atoms with Gasteiger partial charge in [-0.2, -0.15) is 5.10 Å². The van der Waals surface area contributed by atoms with Crippen LogP contribution in [0, 0.1) is 0 Å². The first-order chi connectivity index (χ1) is 13.3. The molecule has 3 aromatic heterocycles. The summed E-state index contributed by atoms with van der Waals surface area (Å²) in [5.41, 5.74) is 3.84. The van der Waals surface area contributed by atoms with E-state index in [1.807, 2.05) is 60.4 Å². The normalized spacial score (nSPS) is 11.1. The molecule has 0 spiro atoms. The molecular formula is C21H16N6. The minimum atomic E-state index is 0.667. The zero-order valence-electron chi connectivity index (χ0n) is 14.7. The van der Waals surface area contributed by atoms with Crippen molar-refractivity contribution in [2.45, 2.75) is 0 Å². The molecule has 5 rings (SSSR count). The van der Waals surface area contributed by atoms with E-state index in [0.29, 0.717) is 5.82 Å². The summed E-state index contributed by atoms with van der Waals surface area (Å²) < 4.78 is 1.86. The van der Waals surface area contributed by atoms with E-state index >= 15 is 0 Å². The van der Waals surface area contributed by atoms with Crippen LogP contribution in [0.3, 0.4) is 0 Å². The summed E-state index contributed by atoms with van der Waals surface area (Å²) in [6.07, 6.45) is 5.36. The highest BCUT2D eigenvalue weighted by molar-refractivity contribution is 5.93. The number of hydrogen-bond acceptors (Lipinski definition) is 5. The van der Waals surface area contributed by atoms with Crippen molar-refractivity contribution in [2.75, 3.05) is 5.32 Å². The number of pyridine rings is 1. The van der Waals surface area contributed by atoms with Crippen LogP contribution in [0.25, 0.3) is 33.2 Å². The molecule has 1 N–H and O–H groups in total. The zero-order valence-corrected chi connectivity index (χ0v) is 14.7. The highest BCUT2D eigenvalue weighted by Crippen LogP contribution is 2.28. The SMILES string of the molecule is Cn1ncc2ccc(Nc3nc(-c4ccncc4)nc4ccccc34)cc21. The predicted molar refractivity (Wildman–Crippen MR) is 107 cm³/mol. The molecule has 130 valence electrons. The molecule has 5 aromatic rings. The average Bonchev–Trinajstić information content (AvgIpc) is 3.09. The Hall–Kier alpha value is -3.80. The molecular weight excluding hydrogens is 336 g/mol. The lowest BCUT2D eigenvalue weighted by Crippen LogP contribution is -1.99. The molecule has 0 bridgehead atoms. The van der Waals surface area contributed by atoms with E-state index in [1.54, 1.807) is 12.4 Å². The fourth-order valence-corrected chi connectivity index (χ4v) is 3.16. The number of rotatable bonds is 3. The van der Waals surface area contributed by atoms with Gasteiger partial charge in [-0.25, -0.2) is 9.97 Å². The molecule has 0 atom stereocenters. The molecule has 0 aliphatic heterocycles. The zero-order chi connectivity index (χ0) is 18.2. The molecule has 0 unspecified atom stereocenters. The second kappa shape index (κ2) is 6.17. The Morgan fingerprint density at radius 1 is 0.926 bits per heavy atom. The van der Waals surface area contributed by atoms with Crippen LogP contribution in [0.2, 0.25) is 0 Å². The number of nitrogens with zero attached hydrogens (tertiary/aromatic N) is 5. The van der Waals surface area contributed by atoms with E-state index in [0.717, 1.165) is 38.9 Å². The minimum absolute atomic E-state index is 0.667. The van der Waals surface area contributed by atoms with Gasteiger partial charge in [0.05, 0.1) is 17.2 Å². The number of para-hydroxylation sites is 1. The quantitative estimate of drug-likeness (QED) is 0.524. The van der Waals surface area contributed by atoms with E-state index in [-0.39, 0.29) is 0 Å². The predicted octanol–water partition coefficient (Wildman–Crippen LogP) is 4.32. The summed E-state index contributed by atoms with van der Waals surface area (Å²) in [5, 5.41) is 9.84. The molecule has 0 amide bonds. The summed E-state index contributed by atoms with van der Waals surface area (Å²) in [7, 11) is 1.94. The Bertz CT molecular complexity index is 1260. The van der Waals surface area contributed by atoms with Gasteiger partial charge in [0.1, 0.15) is 5.82 Å². The van der Waals surface area contributed by atoms with Crippen LogP contribution in [0.1, 0.15) is 0 Å². The largest absolute Gasteiger partial charge is 0.340 e. The summed E-state index contributed by atoms with van der Waals surface area (Å²) in [5.74, 6) is 1.44. The van der Waals surface area contributed by atoms with E-state index < -0.39 is 0 Å². The van der Waals surface area contributed by atoms with Gasteiger partial charge in [0, 0.05) is 41.5 Å². The summed E-state index contributed by atoms with van der Waals surface area (Å²) in [4.78, 5) is 13.6. The van der Waals surface area contributed by atoms with Crippen LogP contribution < -0.4 is 5.32 Å². The van der Waals surface area contributed by atoms with Crippen molar-refractivity contribution in [3.8, 4) is 11.4 Å². The highest BCUT2D eigenvalue weighted by atomic mass is 15.2. The van der Waals surface area contributed by atoms with E-state index in [2.05, 4.69) is 27.5 Å². The third-order valence-electron chi connectivity index (χ3n) is 4.55. The van der Waals surface area contributed by atoms with Crippen molar-refractivity contribution in [3.05, 3.63) is 73.2 Å². The number of hydrogen-bond donors (Lipinski definition) is 1. The fraction of sp³-hybridized carbons (Fsp3) is 0.0476. The maximum atomic E-state index is 4.78. The van der Waals surface area contributed by atoms with Crippen LogP contribution in [-0.4, -0.2) is 24.7 Å². The van der Waals surface area contributed by atoms with E-state index in [4.69, 9.17) is 9.97 Å². The molecule has 0 radical (unpaired) electrons. The molecule has 6 heteroatoms. The number of fused-ring (bicyclic) bond motifs is 2. The summed E-state index contributed by atoms with van der Waals surface area (Å²) in [6, 6.07) is 18.0. The second-order valence-corrected chi connectivity index (χ2v) is 6.32. The van der Waals surface area contributed by atoms with Crippen molar-refractivity contribution in [3.63, 3.8) is 0 Å². The van der Waals surface area contributed by atoms with Gasteiger partial charge in [-0.3, -0.25) is 9.67 Å². The van der Waals surface area contributed by atoms with Gasteiger partial charge < -0.3 is 5.32 Å². The van der Waals surface area contributed by atoms with Crippen molar-refractivity contribution >= 4 is 33.3 Å². The van der Waals surface area contributed by atoms with Crippen molar-refractivity contribution in [2.24, 2.45) is 7.05 Å². The molecule has 0 fully saturated rings. The van der Waals surface area contributed by atoms with Gasteiger partial charge in [0.25, 0.3) is 0 Å². The summed E-state index contributed by atoms with van der Waals surface area (Å²) in [6.45, 7) is 0. The average molecular weight is 352 g/mol. The molecule has 6 nitrogen and oxygen atoms in total. The van der Waals surface area contributed by atoms with Crippen molar-refractivity contribution in [1.82, 2.24) is 24.7 Å². The number of nitrogens with one attached hydrogen (secondary N) is 1. The van der Waals surface area contributed by atoms with Crippen LogP contribution >= 0.6 is 0 Å². The van der Waals surface area contributed by atoms with Gasteiger partial charge >= 0.3 is 0 Å². The van der Waals surface area contributed by atoms with Crippen LogP contribution in [0.15, 0.2) is 73.2 Å². The van der Waals surface area contributed by atoms with Gasteiger partial charge in [0.2, 0.25) is 0 Å². The van der Waals surface area contributed by atoms with Crippen LogP contribution in [-0.2, 0) is 7.05 Å². The van der Waals surface area contributed by atoms with Gasteiger partial charge in [-0.05, 0) is 42.5 Å². The molecule has 0 aliphatic rings. The monoisotopic (exact) mass is 352 g/mol. The maximum absolute atomic E-state index is 4.78. The van der Waals surface area contributed by atoms with Crippen LogP contribution in [0.5, 0.6) is 0 Å². The highest BCUT2D eigenvalue weighted by Gasteiger charge is 2.10. The fourth-order valence-electron chi connectivity index (χ4n) is 3.16. The number of anilines is 2. The standard InChI is InChI=1S/C21H16N6/c1-27-19-12-16(7-6-15(19)13-23-27)24-21-17-4-2-3-5-18(17)25-20(26-21)14-8-10-22-11-9-14/h2-13H,1H3,(H,24,25,26). The number of benzene rings is 2. The molecule has 27 heavy (non-hydrogen) atoms. The molecule has 0 saturated heterocycles. The van der Waals surface area contributed by atoms with E-state index in [9.17, 15) is 0 Å². The van der Waals surface area contributed by atoms with E-state index in [1.165, 1.54) is 0 Å². The van der Waals surface area contributed by atoms with Gasteiger partial charge in [-0.15, -0.1) is 0 Å². The molecule has 2 aromatic carbocycles. The van der Waals surface area contributed by atoms with Crippen molar-refractivity contribution in [1.29, 1.82) is 0 Å². The Kier molecular flexibility index (Phi) is 3.53. The molecule has 0 saturated carbocycles. The first-order valence-electron chi connectivity index (χ1n) is 8.64. The second-order valence-electron chi connectivity index (χ2n) is 6.32. The first-order valence-corrected chi connectivity index (χ1v) is 8.64. The topological polar surface area (TPSA) is 68.5 Å². The Morgan fingerprint density at radius 2 is 1.78 bits per heavy atom. The third kappa shape index (κ3) is 2.77. The Labute approximate surface area is 155 Å². The third-order valence-corrected chi connectivity index (χ3v) is 4.55. The van der Waals surface area contributed by atoms with Crippen LogP contribution in [0.4, 0.5) is 11.5 Å². The first kappa shape index (κ1) is 15.5. The lowest BCUT2D eigenvalue weighted by Gasteiger charge is -2.11. The smallest absolute Gasteiger partial charge is 0.162 e. The Balaban J connectivity index is 1.65. The molecule has 0 aliphatic carbocycles. The lowest BCUT2D eigenvalue weighted by molar-refractivity contribution is 0.797. The van der Waals surface area contributed by atoms with Gasteiger partial charge in [-0.1, -0.05) is 12.1 Å². The maximum Gasteiger partial charge on any atom is 0.162 e. The number of aromatic nitrogens is 5. The number of aryl methyl sites for hydroxylation is 1. The minimum Gasteiger partial charge on any atom is -0.340 e.